The number of benzene rings is 4. The first kappa shape index (κ1) is 26.8. The molecule has 1 aliphatic heterocycles. The Morgan fingerprint density at radius 1 is 0.707 bits per heavy atom. The van der Waals surface area contributed by atoms with Crippen LogP contribution in [0, 0.1) is 0 Å². The predicted molar refractivity (Wildman–Crippen MR) is 156 cm³/mol. The first-order valence-corrected chi connectivity index (χ1v) is 16.3. The van der Waals surface area contributed by atoms with Gasteiger partial charge in [0.1, 0.15) is 0 Å². The van der Waals surface area contributed by atoms with Gasteiger partial charge in [0.15, 0.2) is 29.8 Å². The lowest BCUT2D eigenvalue weighted by atomic mass is 10.0. The molecule has 6 rings (SSSR count). The largest absolute Gasteiger partial charge is 0.493 e. The molecule has 2 atom stereocenters. The lowest BCUT2D eigenvalue weighted by molar-refractivity contribution is -0.162. The molecule has 0 radical (unpaired) electrons. The number of hydrogen-bond donors (Lipinski definition) is 0. The van der Waals surface area contributed by atoms with Crippen LogP contribution in [0.25, 0.3) is 11.1 Å². The maximum atomic E-state index is 14.1. The minimum Gasteiger partial charge on any atom is -0.493 e. The van der Waals surface area contributed by atoms with Crippen LogP contribution in [0.2, 0.25) is 13.1 Å². The number of carbonyl (C=O) groups excluding carboxylic acids is 2. The Hall–Kier alpha value is -4.40. The van der Waals surface area contributed by atoms with Crippen molar-refractivity contribution in [1.29, 1.82) is 0 Å². The van der Waals surface area contributed by atoms with E-state index in [1.54, 1.807) is 37.4 Å². The van der Waals surface area contributed by atoms with Crippen LogP contribution in [0.3, 0.4) is 0 Å². The van der Waals surface area contributed by atoms with E-state index < -0.39 is 38.6 Å². The summed E-state index contributed by atoms with van der Waals surface area (Å²) in [6, 6.07) is 28.1. The molecule has 0 fully saturated rings. The summed E-state index contributed by atoms with van der Waals surface area (Å²) < 4.78 is 30.0. The topological polar surface area (TPSA) is 80.3 Å². The third kappa shape index (κ3) is 4.69. The molecule has 0 bridgehead atoms. The van der Waals surface area contributed by atoms with E-state index in [-0.39, 0.29) is 0 Å². The number of rotatable bonds is 6. The summed E-state index contributed by atoms with van der Waals surface area (Å²) in [5.74, 6) is -0.183. The van der Waals surface area contributed by atoms with Crippen molar-refractivity contribution in [3.63, 3.8) is 0 Å². The van der Waals surface area contributed by atoms with Crippen molar-refractivity contribution in [3.8, 4) is 22.6 Å². The minimum atomic E-state index is -2.72. The van der Waals surface area contributed by atoms with Gasteiger partial charge in [0.25, 0.3) is 0 Å². The molecule has 4 aromatic rings. The number of ether oxygens (including phenoxy) is 4. The summed E-state index contributed by atoms with van der Waals surface area (Å²) in [6.45, 7) is 3.99. The van der Waals surface area contributed by atoms with Gasteiger partial charge in [-0.15, -0.1) is 0 Å². The average molecular weight is 567 g/mol. The molecule has 7 nitrogen and oxygen atoms in total. The lowest BCUT2D eigenvalue weighted by Crippen LogP contribution is -2.58. The quantitative estimate of drug-likeness (QED) is 0.218. The van der Waals surface area contributed by atoms with E-state index in [2.05, 4.69) is 0 Å². The van der Waals surface area contributed by atoms with Crippen LogP contribution in [0.15, 0.2) is 91.0 Å². The van der Waals surface area contributed by atoms with Crippen molar-refractivity contribution in [1.82, 2.24) is 0 Å². The fourth-order valence-electron chi connectivity index (χ4n) is 5.73. The molecule has 8 heteroatoms. The average Bonchev–Trinajstić information content (AvgIpc) is 3.31. The zero-order valence-electron chi connectivity index (χ0n) is 23.3. The third-order valence-electron chi connectivity index (χ3n) is 7.69. The van der Waals surface area contributed by atoms with Gasteiger partial charge in [-0.1, -0.05) is 66.7 Å². The Kier molecular flexibility index (Phi) is 6.89. The van der Waals surface area contributed by atoms with Gasteiger partial charge < -0.3 is 23.4 Å². The summed E-state index contributed by atoms with van der Waals surface area (Å²) in [4.78, 5) is 27.4. The van der Waals surface area contributed by atoms with Gasteiger partial charge in [0, 0.05) is 16.7 Å². The van der Waals surface area contributed by atoms with Gasteiger partial charge in [-0.05, 0) is 53.7 Å². The van der Waals surface area contributed by atoms with Gasteiger partial charge in [-0.25, -0.2) is 9.59 Å². The van der Waals surface area contributed by atoms with Crippen LogP contribution in [0.4, 0.5) is 0 Å². The maximum absolute atomic E-state index is 14.1. The zero-order chi connectivity index (χ0) is 28.7. The van der Waals surface area contributed by atoms with Gasteiger partial charge in [-0.3, -0.25) is 0 Å². The molecule has 208 valence electrons. The van der Waals surface area contributed by atoms with E-state index in [9.17, 15) is 9.59 Å². The Labute approximate surface area is 239 Å². The van der Waals surface area contributed by atoms with Gasteiger partial charge >= 0.3 is 11.9 Å². The molecule has 0 spiro atoms. The molecule has 0 unspecified atom stereocenters. The molecular weight excluding hydrogens is 536 g/mol. The van der Waals surface area contributed by atoms with Crippen LogP contribution in [-0.4, -0.2) is 40.6 Å². The lowest BCUT2D eigenvalue weighted by Gasteiger charge is -2.40. The summed E-state index contributed by atoms with van der Waals surface area (Å²) >= 11 is 0. The Bertz CT molecular complexity index is 1590. The van der Waals surface area contributed by atoms with Crippen molar-refractivity contribution < 1.29 is 33.0 Å². The fourth-order valence-corrected chi connectivity index (χ4v) is 8.10. The fraction of sp³-hybridized carbons (Fsp3) is 0.212. The second-order valence-electron chi connectivity index (χ2n) is 10.5. The van der Waals surface area contributed by atoms with Crippen molar-refractivity contribution in [2.75, 3.05) is 14.2 Å². The van der Waals surface area contributed by atoms with Crippen molar-refractivity contribution in [2.45, 2.75) is 31.4 Å². The Balaban J connectivity index is 1.42. The SMILES string of the molecule is COc1cc2c(cc1OC)[Si](C)(C)O[C@@H](C(=O)OC1c3ccccc3-c3ccccc31)[C@@H]2OC(=O)c1ccccc1. The summed E-state index contributed by atoms with van der Waals surface area (Å²) in [5, 5.41) is 0.849. The Morgan fingerprint density at radius 2 is 1.27 bits per heavy atom. The molecule has 41 heavy (non-hydrogen) atoms. The molecule has 1 heterocycles. The highest BCUT2D eigenvalue weighted by Gasteiger charge is 2.49. The standard InChI is InChI=1S/C33H30O7Si/c1-36-26-18-25-28(19-27(26)37-2)41(3,4)40-31(30(25)39-32(34)20-12-6-5-7-13-20)33(35)38-29-23-16-10-8-14-21(23)22-15-9-11-17-24(22)29/h5-19,29-31H,1-4H3/t30-,31-/m1/s1. The number of hydrogen-bond acceptors (Lipinski definition) is 7. The Morgan fingerprint density at radius 3 is 1.88 bits per heavy atom. The van der Waals surface area contributed by atoms with Crippen molar-refractivity contribution in [3.05, 3.63) is 113 Å². The molecule has 0 N–H and O–H groups in total. The first-order valence-electron chi connectivity index (χ1n) is 13.4. The van der Waals surface area contributed by atoms with Gasteiger partial charge in [-0.2, -0.15) is 0 Å². The van der Waals surface area contributed by atoms with Gasteiger partial charge in [0.05, 0.1) is 19.8 Å². The third-order valence-corrected chi connectivity index (χ3v) is 10.3. The summed E-state index contributed by atoms with van der Waals surface area (Å²) in [7, 11) is 0.383. The number of carbonyl (C=O) groups is 2. The highest BCUT2D eigenvalue weighted by atomic mass is 28.4. The molecule has 2 aliphatic rings. The smallest absolute Gasteiger partial charge is 0.339 e. The molecule has 0 amide bonds. The summed E-state index contributed by atoms with van der Waals surface area (Å²) in [5.41, 5.74) is 4.85. The molecule has 1 aliphatic carbocycles. The highest BCUT2D eigenvalue weighted by molar-refractivity contribution is 6.85. The van der Waals surface area contributed by atoms with E-state index in [0.717, 1.165) is 27.4 Å². The normalized spacial score (nSPS) is 18.4. The van der Waals surface area contributed by atoms with Crippen LogP contribution in [0.1, 0.15) is 39.3 Å². The van der Waals surface area contributed by atoms with Crippen molar-refractivity contribution >= 4 is 25.4 Å². The van der Waals surface area contributed by atoms with Crippen LogP contribution < -0.4 is 14.7 Å². The minimum absolute atomic E-state index is 0.363. The van der Waals surface area contributed by atoms with Crippen molar-refractivity contribution in [2.24, 2.45) is 0 Å². The zero-order valence-corrected chi connectivity index (χ0v) is 24.3. The molecule has 4 aromatic carbocycles. The van der Waals surface area contributed by atoms with E-state index in [0.29, 0.717) is 22.6 Å². The number of methoxy groups -OCH3 is 2. The molecule has 0 aromatic heterocycles. The van der Waals surface area contributed by atoms with Crippen LogP contribution in [-0.2, 0) is 18.7 Å². The highest BCUT2D eigenvalue weighted by Crippen LogP contribution is 2.46. The number of fused-ring (bicyclic) bond motifs is 4. The van der Waals surface area contributed by atoms with Crippen LogP contribution in [0.5, 0.6) is 11.5 Å². The second kappa shape index (κ2) is 10.5. The monoisotopic (exact) mass is 566 g/mol. The molecular formula is C33H30O7Si. The molecule has 0 saturated carbocycles. The maximum Gasteiger partial charge on any atom is 0.339 e. The van der Waals surface area contributed by atoms with E-state index in [4.69, 9.17) is 23.4 Å². The van der Waals surface area contributed by atoms with E-state index in [1.807, 2.05) is 73.8 Å². The van der Waals surface area contributed by atoms with E-state index in [1.165, 1.54) is 7.11 Å². The van der Waals surface area contributed by atoms with Crippen LogP contribution >= 0.6 is 0 Å². The first-order chi connectivity index (χ1) is 19.8. The van der Waals surface area contributed by atoms with E-state index >= 15 is 0 Å². The number of esters is 2. The van der Waals surface area contributed by atoms with Gasteiger partial charge in [0.2, 0.25) is 8.32 Å². The molecule has 0 saturated heterocycles. The predicted octanol–water partition coefficient (Wildman–Crippen LogP) is 5.73. The second-order valence-corrected chi connectivity index (χ2v) is 14.3. The summed E-state index contributed by atoms with van der Waals surface area (Å²) in [6.07, 6.45) is -2.87.